The molecule has 0 heterocycles. The molecule has 0 radical (unpaired) electrons. The van der Waals surface area contributed by atoms with E-state index in [1.807, 2.05) is 20.8 Å². The molecule has 0 bridgehead atoms. The maximum absolute atomic E-state index is 11.4. The van der Waals surface area contributed by atoms with Gasteiger partial charge in [-0.2, -0.15) is 0 Å². The Kier molecular flexibility index (Phi) is 7.06. The number of aliphatic hydroxyl groups excluding tert-OH is 1. The monoisotopic (exact) mass is 228 g/mol. The van der Waals surface area contributed by atoms with Crippen LogP contribution < -0.4 is 0 Å². The quantitative estimate of drug-likeness (QED) is 0.561. The normalized spacial score (nSPS) is 17.8. The van der Waals surface area contributed by atoms with Crippen molar-refractivity contribution in [2.24, 2.45) is 11.8 Å². The minimum atomic E-state index is -0.408. The fourth-order valence-electron chi connectivity index (χ4n) is 1.57. The molecule has 0 amide bonds. The van der Waals surface area contributed by atoms with Gasteiger partial charge in [0.05, 0.1) is 12.7 Å². The largest absolute Gasteiger partial charge is 0.463 e. The number of carbonyl (C=O) groups is 1. The average Bonchev–Trinajstić information content (AvgIpc) is 2.26. The van der Waals surface area contributed by atoms with Crippen LogP contribution in [0.3, 0.4) is 0 Å². The van der Waals surface area contributed by atoms with Gasteiger partial charge in [0, 0.05) is 11.5 Å². The van der Waals surface area contributed by atoms with Crippen molar-refractivity contribution in [1.29, 1.82) is 0 Å². The van der Waals surface area contributed by atoms with Crippen molar-refractivity contribution in [3.8, 4) is 0 Å². The number of ether oxygens (including phenoxy) is 1. The molecular weight excluding hydrogens is 204 g/mol. The van der Waals surface area contributed by atoms with Crippen molar-refractivity contribution in [1.82, 2.24) is 0 Å². The summed E-state index contributed by atoms with van der Waals surface area (Å²) in [6, 6.07) is 0. The smallest absolute Gasteiger partial charge is 0.333 e. The fourth-order valence-corrected chi connectivity index (χ4v) is 1.57. The van der Waals surface area contributed by atoms with E-state index < -0.39 is 6.10 Å². The maximum atomic E-state index is 11.4. The molecule has 0 rings (SSSR count). The first kappa shape index (κ1) is 15.2. The Morgan fingerprint density at radius 3 is 2.38 bits per heavy atom. The number of aliphatic hydroxyl groups is 1. The highest BCUT2D eigenvalue weighted by atomic mass is 16.5. The number of carbonyl (C=O) groups excluding carboxylic acids is 1. The van der Waals surface area contributed by atoms with Crippen LogP contribution in [0.25, 0.3) is 0 Å². The molecule has 0 aromatic heterocycles. The first-order valence-corrected chi connectivity index (χ1v) is 5.97. The molecule has 94 valence electrons. The predicted octanol–water partition coefficient (Wildman–Crippen LogP) is 2.54. The van der Waals surface area contributed by atoms with Crippen LogP contribution in [0.5, 0.6) is 0 Å². The van der Waals surface area contributed by atoms with Crippen LogP contribution >= 0.6 is 0 Å². The molecule has 3 nitrogen and oxygen atoms in total. The molecule has 0 unspecified atom stereocenters. The van der Waals surface area contributed by atoms with Crippen LogP contribution in [-0.2, 0) is 9.53 Å². The second-order valence-electron chi connectivity index (χ2n) is 4.31. The summed E-state index contributed by atoms with van der Waals surface area (Å²) in [7, 11) is 0. The summed E-state index contributed by atoms with van der Waals surface area (Å²) in [5, 5.41) is 9.95. The summed E-state index contributed by atoms with van der Waals surface area (Å²) >= 11 is 0. The van der Waals surface area contributed by atoms with Gasteiger partial charge in [0.15, 0.2) is 0 Å². The lowest BCUT2D eigenvalue weighted by molar-refractivity contribution is -0.138. The molecule has 0 spiro atoms. The summed E-state index contributed by atoms with van der Waals surface area (Å²) in [5.41, 5.74) is 0.566. The lowest BCUT2D eigenvalue weighted by atomic mass is 9.90. The van der Waals surface area contributed by atoms with Crippen molar-refractivity contribution < 1.29 is 14.6 Å². The van der Waals surface area contributed by atoms with Crippen LogP contribution in [0, 0.1) is 11.8 Å². The third-order valence-electron chi connectivity index (χ3n) is 2.88. The summed E-state index contributed by atoms with van der Waals surface area (Å²) in [6.07, 6.45) is 2.31. The average molecular weight is 228 g/mol. The van der Waals surface area contributed by atoms with E-state index in [4.69, 9.17) is 4.74 Å². The van der Waals surface area contributed by atoms with Gasteiger partial charge in [0.25, 0.3) is 0 Å². The van der Waals surface area contributed by atoms with E-state index in [9.17, 15) is 9.90 Å². The Morgan fingerprint density at radius 2 is 1.94 bits per heavy atom. The van der Waals surface area contributed by atoms with Gasteiger partial charge in [-0.3, -0.25) is 0 Å². The van der Waals surface area contributed by atoms with Crippen molar-refractivity contribution in [3.63, 3.8) is 0 Å². The highest BCUT2D eigenvalue weighted by Gasteiger charge is 2.19. The second kappa shape index (κ2) is 7.44. The molecule has 0 aliphatic carbocycles. The SMILES string of the molecule is CCOC(=O)/C(C)=C/[C@@H](C)[C@H](O)[C@@H](C)CC. The molecule has 0 aliphatic rings. The molecule has 0 saturated carbocycles. The summed E-state index contributed by atoms with van der Waals surface area (Å²) in [5.74, 6) is -0.0914. The minimum absolute atomic E-state index is 0.0284. The van der Waals surface area contributed by atoms with E-state index in [2.05, 4.69) is 0 Å². The van der Waals surface area contributed by atoms with Gasteiger partial charge in [0.1, 0.15) is 0 Å². The van der Waals surface area contributed by atoms with Crippen LogP contribution in [0.4, 0.5) is 0 Å². The van der Waals surface area contributed by atoms with Gasteiger partial charge in [-0.05, 0) is 19.8 Å². The molecule has 0 aliphatic heterocycles. The van der Waals surface area contributed by atoms with Gasteiger partial charge in [0.2, 0.25) is 0 Å². The van der Waals surface area contributed by atoms with Crippen LogP contribution in [0.2, 0.25) is 0 Å². The number of esters is 1. The Morgan fingerprint density at radius 1 is 1.38 bits per heavy atom. The zero-order valence-electron chi connectivity index (χ0n) is 11.0. The van der Waals surface area contributed by atoms with Gasteiger partial charge in [-0.25, -0.2) is 4.79 Å². The Bertz CT molecular complexity index is 246. The number of hydrogen-bond acceptors (Lipinski definition) is 3. The lowest BCUT2D eigenvalue weighted by Gasteiger charge is -2.22. The molecule has 0 fully saturated rings. The van der Waals surface area contributed by atoms with Gasteiger partial charge >= 0.3 is 5.97 Å². The first-order valence-electron chi connectivity index (χ1n) is 5.97. The van der Waals surface area contributed by atoms with Crippen LogP contribution in [0.1, 0.15) is 41.0 Å². The Balaban J connectivity index is 4.45. The third-order valence-corrected chi connectivity index (χ3v) is 2.88. The molecule has 1 N–H and O–H groups in total. The molecule has 0 aromatic rings. The molecule has 0 saturated heterocycles. The van der Waals surface area contributed by atoms with Crippen LogP contribution in [-0.4, -0.2) is 23.8 Å². The van der Waals surface area contributed by atoms with Gasteiger partial charge in [-0.15, -0.1) is 0 Å². The molecule has 3 atom stereocenters. The highest BCUT2D eigenvalue weighted by molar-refractivity contribution is 5.87. The highest BCUT2D eigenvalue weighted by Crippen LogP contribution is 2.18. The van der Waals surface area contributed by atoms with Crippen LogP contribution in [0.15, 0.2) is 11.6 Å². The van der Waals surface area contributed by atoms with Crippen molar-refractivity contribution >= 4 is 5.97 Å². The number of hydrogen-bond donors (Lipinski definition) is 1. The van der Waals surface area contributed by atoms with Crippen molar-refractivity contribution in [3.05, 3.63) is 11.6 Å². The van der Waals surface area contributed by atoms with E-state index in [-0.39, 0.29) is 17.8 Å². The van der Waals surface area contributed by atoms with Crippen molar-refractivity contribution in [2.45, 2.75) is 47.1 Å². The zero-order valence-corrected chi connectivity index (χ0v) is 11.0. The molecule has 0 aromatic carbocycles. The molecule has 16 heavy (non-hydrogen) atoms. The fraction of sp³-hybridized carbons (Fsp3) is 0.769. The first-order chi connectivity index (χ1) is 7.43. The minimum Gasteiger partial charge on any atom is -0.463 e. The van der Waals surface area contributed by atoms with Gasteiger partial charge < -0.3 is 9.84 Å². The second-order valence-corrected chi connectivity index (χ2v) is 4.31. The predicted molar refractivity (Wildman–Crippen MR) is 65.0 cm³/mol. The van der Waals surface area contributed by atoms with E-state index in [1.165, 1.54) is 0 Å². The zero-order chi connectivity index (χ0) is 12.7. The van der Waals surface area contributed by atoms with E-state index in [0.717, 1.165) is 6.42 Å². The van der Waals surface area contributed by atoms with Crippen molar-refractivity contribution in [2.75, 3.05) is 6.61 Å². The number of rotatable bonds is 6. The lowest BCUT2D eigenvalue weighted by Crippen LogP contribution is -2.24. The summed E-state index contributed by atoms with van der Waals surface area (Å²) < 4.78 is 4.88. The standard InChI is InChI=1S/C13H24O3/c1-6-9(3)12(14)10(4)8-11(5)13(15)16-7-2/h8-10,12,14H,6-7H2,1-5H3/b11-8+/t9-,10+,12+/m0/s1. The summed E-state index contributed by atoms with van der Waals surface area (Å²) in [4.78, 5) is 11.4. The summed E-state index contributed by atoms with van der Waals surface area (Å²) in [6.45, 7) is 9.85. The molecular formula is C13H24O3. The van der Waals surface area contributed by atoms with E-state index in [1.54, 1.807) is 19.9 Å². The third kappa shape index (κ3) is 4.79. The van der Waals surface area contributed by atoms with E-state index in [0.29, 0.717) is 12.2 Å². The van der Waals surface area contributed by atoms with E-state index >= 15 is 0 Å². The van der Waals surface area contributed by atoms with Gasteiger partial charge in [-0.1, -0.05) is 33.3 Å². The topological polar surface area (TPSA) is 46.5 Å². The Labute approximate surface area is 98.5 Å². The Hall–Kier alpha value is -0.830. The molecule has 3 heteroatoms. The maximum Gasteiger partial charge on any atom is 0.333 e.